The van der Waals surface area contributed by atoms with Crippen LogP contribution in [-0.4, -0.2) is 27.5 Å². The molecule has 3 rings (SSSR count). The molecular formula is C17H20ClN3O2. The number of carbonyl (C=O) groups is 1. The highest BCUT2D eigenvalue weighted by Gasteiger charge is 2.38. The molecule has 0 radical (unpaired) electrons. The molecule has 1 amide bonds. The Balaban J connectivity index is 1.84. The van der Waals surface area contributed by atoms with Gasteiger partial charge in [0.05, 0.1) is 0 Å². The number of hydrogen-bond donors (Lipinski definition) is 0. The Morgan fingerprint density at radius 2 is 2.00 bits per heavy atom. The summed E-state index contributed by atoms with van der Waals surface area (Å²) in [5.74, 6) is 1.14. The minimum absolute atomic E-state index is 0.117. The summed E-state index contributed by atoms with van der Waals surface area (Å²) in [4.78, 5) is 18.9. The van der Waals surface area contributed by atoms with E-state index >= 15 is 0 Å². The molecule has 1 aliphatic rings. The Hall–Kier alpha value is -1.88. The lowest BCUT2D eigenvalue weighted by Crippen LogP contribution is -2.39. The summed E-state index contributed by atoms with van der Waals surface area (Å²) in [6.45, 7) is 6.52. The van der Waals surface area contributed by atoms with Crippen molar-refractivity contribution < 1.29 is 9.32 Å². The topological polar surface area (TPSA) is 59.2 Å². The number of carbonyl (C=O) groups excluding carboxylic acids is 1. The summed E-state index contributed by atoms with van der Waals surface area (Å²) in [5.41, 5.74) is 0.429. The number of likely N-dealkylation sites (tertiary alicyclic amines) is 1. The Kier molecular flexibility index (Phi) is 4.15. The minimum atomic E-state index is -0.415. The van der Waals surface area contributed by atoms with Crippen LogP contribution in [-0.2, 0) is 4.79 Å². The zero-order chi connectivity index (χ0) is 16.6. The SMILES string of the molecule is CC(C)(C)C(=O)N1CCCC1c1nc(-c2ccc(Cl)cc2)no1. The summed E-state index contributed by atoms with van der Waals surface area (Å²) in [7, 11) is 0. The van der Waals surface area contributed by atoms with Gasteiger partial charge in [-0.3, -0.25) is 4.79 Å². The Morgan fingerprint density at radius 3 is 2.65 bits per heavy atom. The summed E-state index contributed by atoms with van der Waals surface area (Å²) >= 11 is 5.90. The first kappa shape index (κ1) is 16.0. The normalized spacial score (nSPS) is 18.4. The van der Waals surface area contributed by atoms with Crippen molar-refractivity contribution in [2.45, 2.75) is 39.7 Å². The molecule has 0 spiro atoms. The second-order valence-electron chi connectivity index (χ2n) is 6.87. The molecule has 1 fully saturated rings. The Bertz CT molecular complexity index is 703. The number of amides is 1. The van der Waals surface area contributed by atoms with Crippen LogP contribution in [0.2, 0.25) is 5.02 Å². The van der Waals surface area contributed by atoms with Crippen molar-refractivity contribution in [2.75, 3.05) is 6.54 Å². The van der Waals surface area contributed by atoms with E-state index in [1.165, 1.54) is 0 Å². The fourth-order valence-electron chi connectivity index (χ4n) is 2.78. The van der Waals surface area contributed by atoms with Gasteiger partial charge in [-0.25, -0.2) is 0 Å². The van der Waals surface area contributed by atoms with Crippen molar-refractivity contribution >= 4 is 17.5 Å². The number of halogens is 1. The molecule has 23 heavy (non-hydrogen) atoms. The van der Waals surface area contributed by atoms with Crippen LogP contribution in [0, 0.1) is 5.41 Å². The molecule has 2 heterocycles. The lowest BCUT2D eigenvalue weighted by atomic mass is 9.94. The number of aromatic nitrogens is 2. The van der Waals surface area contributed by atoms with Crippen LogP contribution in [0.3, 0.4) is 0 Å². The molecule has 0 saturated carbocycles. The third kappa shape index (κ3) is 3.24. The summed E-state index contributed by atoms with van der Waals surface area (Å²) < 4.78 is 5.44. The highest BCUT2D eigenvalue weighted by atomic mass is 35.5. The highest BCUT2D eigenvalue weighted by molar-refractivity contribution is 6.30. The molecular weight excluding hydrogens is 314 g/mol. The maximum absolute atomic E-state index is 12.6. The van der Waals surface area contributed by atoms with Gasteiger partial charge < -0.3 is 9.42 Å². The second-order valence-corrected chi connectivity index (χ2v) is 7.31. The van der Waals surface area contributed by atoms with Gasteiger partial charge in [-0.15, -0.1) is 0 Å². The van der Waals surface area contributed by atoms with E-state index in [1.54, 1.807) is 12.1 Å². The fraction of sp³-hybridized carbons (Fsp3) is 0.471. The zero-order valence-electron chi connectivity index (χ0n) is 13.5. The number of benzene rings is 1. The van der Waals surface area contributed by atoms with E-state index in [2.05, 4.69) is 10.1 Å². The first-order valence-corrected chi connectivity index (χ1v) is 8.14. The zero-order valence-corrected chi connectivity index (χ0v) is 14.3. The molecule has 2 aromatic rings. The second kappa shape index (κ2) is 5.96. The average Bonchev–Trinajstić information content (AvgIpc) is 3.15. The van der Waals surface area contributed by atoms with Crippen molar-refractivity contribution in [3.05, 3.63) is 35.2 Å². The van der Waals surface area contributed by atoms with Crippen LogP contribution in [0.25, 0.3) is 11.4 Å². The van der Waals surface area contributed by atoms with Gasteiger partial charge in [-0.05, 0) is 37.1 Å². The molecule has 122 valence electrons. The molecule has 1 saturated heterocycles. The third-order valence-electron chi connectivity index (χ3n) is 3.98. The van der Waals surface area contributed by atoms with Crippen LogP contribution in [0.5, 0.6) is 0 Å². The predicted octanol–water partition coefficient (Wildman–Crippen LogP) is 4.10. The van der Waals surface area contributed by atoms with E-state index in [-0.39, 0.29) is 11.9 Å². The fourth-order valence-corrected chi connectivity index (χ4v) is 2.91. The maximum Gasteiger partial charge on any atom is 0.249 e. The van der Waals surface area contributed by atoms with Gasteiger partial charge in [-0.1, -0.05) is 37.5 Å². The lowest BCUT2D eigenvalue weighted by Gasteiger charge is -2.29. The molecule has 0 bridgehead atoms. The van der Waals surface area contributed by atoms with Gasteiger partial charge in [-0.2, -0.15) is 4.98 Å². The van der Waals surface area contributed by atoms with Crippen LogP contribution < -0.4 is 0 Å². The van der Waals surface area contributed by atoms with E-state index < -0.39 is 5.41 Å². The van der Waals surface area contributed by atoms with Gasteiger partial charge >= 0.3 is 0 Å². The molecule has 5 nitrogen and oxygen atoms in total. The summed E-state index contributed by atoms with van der Waals surface area (Å²) in [5, 5.41) is 4.71. The van der Waals surface area contributed by atoms with E-state index in [0.29, 0.717) is 16.7 Å². The molecule has 0 aliphatic carbocycles. The van der Waals surface area contributed by atoms with Crippen LogP contribution in [0.15, 0.2) is 28.8 Å². The van der Waals surface area contributed by atoms with Gasteiger partial charge in [0.2, 0.25) is 17.6 Å². The monoisotopic (exact) mass is 333 g/mol. The first-order chi connectivity index (χ1) is 10.9. The molecule has 1 aromatic heterocycles. The van der Waals surface area contributed by atoms with E-state index in [4.69, 9.17) is 16.1 Å². The minimum Gasteiger partial charge on any atom is -0.337 e. The van der Waals surface area contributed by atoms with Crippen LogP contribution >= 0.6 is 11.6 Å². The van der Waals surface area contributed by atoms with Crippen LogP contribution in [0.1, 0.15) is 45.5 Å². The first-order valence-electron chi connectivity index (χ1n) is 7.77. The van der Waals surface area contributed by atoms with Crippen molar-refractivity contribution in [1.82, 2.24) is 15.0 Å². The average molecular weight is 334 g/mol. The molecule has 1 atom stereocenters. The van der Waals surface area contributed by atoms with E-state index in [1.807, 2.05) is 37.8 Å². The number of nitrogens with zero attached hydrogens (tertiary/aromatic N) is 3. The quantitative estimate of drug-likeness (QED) is 0.830. The van der Waals surface area contributed by atoms with Gasteiger partial charge in [0.1, 0.15) is 6.04 Å². The summed E-state index contributed by atoms with van der Waals surface area (Å²) in [6, 6.07) is 7.15. The summed E-state index contributed by atoms with van der Waals surface area (Å²) in [6.07, 6.45) is 1.80. The van der Waals surface area contributed by atoms with Gasteiger partial charge in [0.25, 0.3) is 0 Å². The third-order valence-corrected chi connectivity index (χ3v) is 4.24. The number of hydrogen-bond acceptors (Lipinski definition) is 4. The predicted molar refractivity (Wildman–Crippen MR) is 87.9 cm³/mol. The standard InChI is InChI=1S/C17H20ClN3O2/c1-17(2,3)16(22)21-10-4-5-13(21)15-19-14(20-23-15)11-6-8-12(18)9-7-11/h6-9,13H,4-5,10H2,1-3H3. The van der Waals surface area contributed by atoms with Crippen molar-refractivity contribution in [3.8, 4) is 11.4 Å². The molecule has 1 aliphatic heterocycles. The maximum atomic E-state index is 12.6. The smallest absolute Gasteiger partial charge is 0.249 e. The largest absolute Gasteiger partial charge is 0.337 e. The van der Waals surface area contributed by atoms with Crippen molar-refractivity contribution in [2.24, 2.45) is 5.41 Å². The van der Waals surface area contributed by atoms with Gasteiger partial charge in [0, 0.05) is 22.5 Å². The Labute approximate surface area is 140 Å². The molecule has 6 heteroatoms. The Morgan fingerprint density at radius 1 is 1.30 bits per heavy atom. The molecule has 0 N–H and O–H groups in total. The highest BCUT2D eigenvalue weighted by Crippen LogP contribution is 2.35. The van der Waals surface area contributed by atoms with E-state index in [9.17, 15) is 4.79 Å². The van der Waals surface area contributed by atoms with Crippen molar-refractivity contribution in [1.29, 1.82) is 0 Å². The van der Waals surface area contributed by atoms with Crippen molar-refractivity contribution in [3.63, 3.8) is 0 Å². The lowest BCUT2D eigenvalue weighted by molar-refractivity contribution is -0.140. The molecule has 1 aromatic carbocycles. The number of rotatable bonds is 2. The molecule has 1 unspecified atom stereocenters. The van der Waals surface area contributed by atoms with Crippen LogP contribution in [0.4, 0.5) is 0 Å². The van der Waals surface area contributed by atoms with Gasteiger partial charge in [0.15, 0.2) is 0 Å². The van der Waals surface area contributed by atoms with E-state index in [0.717, 1.165) is 24.9 Å².